The summed E-state index contributed by atoms with van der Waals surface area (Å²) in [7, 11) is 1.64. The normalized spacial score (nSPS) is 15.8. The second-order valence-electron chi connectivity index (χ2n) is 10.8. The number of hydrogen-bond acceptors (Lipinski definition) is 5. The van der Waals surface area contributed by atoms with Gasteiger partial charge in [-0.1, -0.05) is 68.8 Å². The van der Waals surface area contributed by atoms with Crippen molar-refractivity contribution in [1.82, 2.24) is 15.1 Å². The van der Waals surface area contributed by atoms with Crippen LogP contribution in [0.2, 0.25) is 0 Å². The first kappa shape index (κ1) is 27.9. The molecule has 1 aliphatic rings. The number of hydrogen-bond donors (Lipinski definition) is 1. The van der Waals surface area contributed by atoms with Gasteiger partial charge in [-0.05, 0) is 37.5 Å². The number of thioether (sulfide) groups is 1. The molecule has 1 N–H and O–H groups in total. The summed E-state index contributed by atoms with van der Waals surface area (Å²) in [4.78, 5) is 28.4. The smallest absolute Gasteiger partial charge is 0.240 e. The lowest BCUT2D eigenvalue weighted by atomic mass is 9.87. The van der Waals surface area contributed by atoms with Gasteiger partial charge >= 0.3 is 0 Å². The fraction of sp³-hybridized carbons (Fsp3) is 0.433. The molecule has 1 atom stereocenters. The first-order chi connectivity index (χ1) is 18.1. The molecule has 8 heteroatoms. The summed E-state index contributed by atoms with van der Waals surface area (Å²) < 4.78 is 6.98. The van der Waals surface area contributed by atoms with Crippen LogP contribution >= 0.6 is 11.8 Å². The lowest BCUT2D eigenvalue weighted by Crippen LogP contribution is -2.42. The van der Waals surface area contributed by atoms with E-state index in [1.165, 1.54) is 0 Å². The number of nitrogens with one attached hydrogen (secondary N) is 1. The van der Waals surface area contributed by atoms with Crippen molar-refractivity contribution >= 4 is 29.4 Å². The highest BCUT2D eigenvalue weighted by atomic mass is 32.2. The van der Waals surface area contributed by atoms with Gasteiger partial charge in [0.25, 0.3) is 0 Å². The van der Waals surface area contributed by atoms with Gasteiger partial charge in [0.15, 0.2) is 0 Å². The van der Waals surface area contributed by atoms with Crippen LogP contribution in [0.15, 0.2) is 48.5 Å². The number of methoxy groups -OCH3 is 1. The SMILES string of the molecule is COCCCNC(=O)CN1C(=O)CSC(c2cccc(C)c2)c2c(C(C)(C)C)nn(-c3ccccc3C)c21. The van der Waals surface area contributed by atoms with Gasteiger partial charge in [0.05, 0.1) is 22.4 Å². The molecule has 3 aromatic rings. The largest absolute Gasteiger partial charge is 0.385 e. The topological polar surface area (TPSA) is 76.5 Å². The minimum Gasteiger partial charge on any atom is -0.385 e. The number of benzene rings is 2. The Kier molecular flexibility index (Phi) is 8.63. The number of carbonyl (C=O) groups excluding carboxylic acids is 2. The second-order valence-corrected chi connectivity index (χ2v) is 11.9. The minimum atomic E-state index is -0.290. The highest BCUT2D eigenvalue weighted by Crippen LogP contribution is 2.48. The molecule has 2 amide bonds. The summed E-state index contributed by atoms with van der Waals surface area (Å²) in [5, 5.41) is 8.02. The fourth-order valence-electron chi connectivity index (χ4n) is 4.78. The van der Waals surface area contributed by atoms with E-state index in [2.05, 4.69) is 57.3 Å². The number of anilines is 1. The second kappa shape index (κ2) is 11.7. The third kappa shape index (κ3) is 5.97. The van der Waals surface area contributed by atoms with Crippen molar-refractivity contribution in [3.05, 3.63) is 76.5 Å². The average molecular weight is 535 g/mol. The molecule has 2 aromatic carbocycles. The first-order valence-electron chi connectivity index (χ1n) is 13.1. The predicted molar refractivity (Wildman–Crippen MR) is 154 cm³/mol. The quantitative estimate of drug-likeness (QED) is 0.407. The van der Waals surface area contributed by atoms with Crippen molar-refractivity contribution in [1.29, 1.82) is 0 Å². The van der Waals surface area contributed by atoms with E-state index in [4.69, 9.17) is 9.84 Å². The molecule has 4 rings (SSSR count). The first-order valence-corrected chi connectivity index (χ1v) is 14.1. The Balaban J connectivity index is 1.92. The molecule has 0 spiro atoms. The number of amides is 2. The van der Waals surface area contributed by atoms with Crippen molar-refractivity contribution in [3.63, 3.8) is 0 Å². The van der Waals surface area contributed by atoms with Crippen molar-refractivity contribution < 1.29 is 14.3 Å². The van der Waals surface area contributed by atoms with Gasteiger partial charge in [0.2, 0.25) is 11.8 Å². The van der Waals surface area contributed by atoms with Crippen LogP contribution in [-0.4, -0.2) is 54.2 Å². The molecule has 202 valence electrons. The van der Waals surface area contributed by atoms with Crippen molar-refractivity contribution in [3.8, 4) is 5.69 Å². The van der Waals surface area contributed by atoms with E-state index >= 15 is 0 Å². The molecule has 1 aromatic heterocycles. The zero-order valence-corrected chi connectivity index (χ0v) is 24.0. The van der Waals surface area contributed by atoms with E-state index in [0.717, 1.165) is 33.6 Å². The maximum absolute atomic E-state index is 13.7. The van der Waals surface area contributed by atoms with Gasteiger partial charge in [0, 0.05) is 31.2 Å². The van der Waals surface area contributed by atoms with Crippen LogP contribution in [0.1, 0.15) is 60.4 Å². The van der Waals surface area contributed by atoms with Crippen molar-refractivity contribution in [2.45, 2.75) is 51.7 Å². The van der Waals surface area contributed by atoms with Gasteiger partial charge in [-0.25, -0.2) is 4.68 Å². The predicted octanol–water partition coefficient (Wildman–Crippen LogP) is 5.11. The third-order valence-electron chi connectivity index (χ3n) is 6.64. The van der Waals surface area contributed by atoms with E-state index in [9.17, 15) is 9.59 Å². The summed E-state index contributed by atoms with van der Waals surface area (Å²) in [6.45, 7) is 11.6. The Bertz CT molecular complexity index is 1310. The highest BCUT2D eigenvalue weighted by Gasteiger charge is 2.40. The lowest BCUT2D eigenvalue weighted by Gasteiger charge is -2.25. The maximum atomic E-state index is 13.7. The number of ether oxygens (including phenoxy) is 1. The molecule has 0 saturated heterocycles. The summed E-state index contributed by atoms with van der Waals surface area (Å²) in [6, 6.07) is 16.5. The van der Waals surface area contributed by atoms with E-state index in [1.807, 2.05) is 35.9 Å². The van der Waals surface area contributed by atoms with Crippen LogP contribution in [0, 0.1) is 13.8 Å². The molecule has 0 bridgehead atoms. The number of aryl methyl sites for hydroxylation is 2. The van der Waals surface area contributed by atoms with Gasteiger partial charge in [0.1, 0.15) is 12.4 Å². The number of para-hydroxylation sites is 1. The molecule has 2 heterocycles. The number of nitrogens with zero attached hydrogens (tertiary/aromatic N) is 3. The Labute approximate surface area is 229 Å². The molecular weight excluding hydrogens is 496 g/mol. The molecular formula is C30H38N4O3S. The van der Waals surface area contributed by atoms with Gasteiger partial charge in [-0.2, -0.15) is 5.10 Å². The molecule has 38 heavy (non-hydrogen) atoms. The molecule has 0 fully saturated rings. The van der Waals surface area contributed by atoms with Crippen molar-refractivity contribution in [2.75, 3.05) is 37.5 Å². The maximum Gasteiger partial charge on any atom is 0.240 e. The third-order valence-corrected chi connectivity index (χ3v) is 7.89. The molecule has 0 saturated carbocycles. The van der Waals surface area contributed by atoms with Gasteiger partial charge < -0.3 is 10.1 Å². The lowest BCUT2D eigenvalue weighted by molar-refractivity contribution is -0.122. The summed E-state index contributed by atoms with van der Waals surface area (Å²) >= 11 is 1.60. The van der Waals surface area contributed by atoms with E-state index in [-0.39, 0.29) is 34.8 Å². The molecule has 1 unspecified atom stereocenters. The number of rotatable bonds is 8. The minimum absolute atomic E-state index is 0.0684. The number of aromatic nitrogens is 2. The standard InChI is InChI=1S/C30H38N4O3S/c1-20-11-9-13-22(17-20)27-26-28(30(3,4)5)32-34(23-14-8-7-12-21(23)2)29(26)33(25(36)19-38-27)18-24(35)31-15-10-16-37-6/h7-9,11-14,17,27H,10,15-16,18-19H2,1-6H3,(H,31,35). The Morgan fingerprint density at radius 2 is 1.92 bits per heavy atom. The van der Waals surface area contributed by atoms with E-state index in [0.29, 0.717) is 25.4 Å². The van der Waals surface area contributed by atoms with Crippen LogP contribution in [0.5, 0.6) is 0 Å². The molecule has 1 aliphatic heterocycles. The highest BCUT2D eigenvalue weighted by molar-refractivity contribution is 8.00. The molecule has 7 nitrogen and oxygen atoms in total. The van der Waals surface area contributed by atoms with Crippen LogP contribution in [0.3, 0.4) is 0 Å². The summed E-state index contributed by atoms with van der Waals surface area (Å²) in [6.07, 6.45) is 0.710. The van der Waals surface area contributed by atoms with Crippen LogP contribution in [0.25, 0.3) is 5.69 Å². The van der Waals surface area contributed by atoms with E-state index in [1.54, 1.807) is 23.8 Å². The molecule has 0 aliphatic carbocycles. The average Bonchev–Trinajstić information content (AvgIpc) is 3.20. The Morgan fingerprint density at radius 1 is 1.16 bits per heavy atom. The zero-order valence-electron chi connectivity index (χ0n) is 23.2. The Morgan fingerprint density at radius 3 is 2.61 bits per heavy atom. The zero-order chi connectivity index (χ0) is 27.4. The van der Waals surface area contributed by atoms with Crippen LogP contribution in [0.4, 0.5) is 5.82 Å². The number of fused-ring (bicyclic) bond motifs is 1. The van der Waals surface area contributed by atoms with Crippen LogP contribution < -0.4 is 10.2 Å². The summed E-state index contributed by atoms with van der Waals surface area (Å²) in [5.41, 5.74) is 5.86. The summed E-state index contributed by atoms with van der Waals surface area (Å²) in [5.74, 6) is 0.641. The van der Waals surface area contributed by atoms with Crippen molar-refractivity contribution in [2.24, 2.45) is 0 Å². The fourth-order valence-corrected chi connectivity index (χ4v) is 5.97. The van der Waals surface area contributed by atoms with Gasteiger partial charge in [-0.3, -0.25) is 14.5 Å². The monoisotopic (exact) mass is 534 g/mol. The van der Waals surface area contributed by atoms with Crippen LogP contribution in [-0.2, 0) is 19.7 Å². The number of carbonyl (C=O) groups is 2. The van der Waals surface area contributed by atoms with E-state index < -0.39 is 0 Å². The Hall–Kier alpha value is -3.10. The van der Waals surface area contributed by atoms with Gasteiger partial charge in [-0.15, -0.1) is 11.8 Å². The molecule has 0 radical (unpaired) electrons.